The number of aromatic nitrogens is 5. The Labute approximate surface area is 275 Å². The molecule has 5 N–H and O–H groups in total. The van der Waals surface area contributed by atoms with Crippen molar-refractivity contribution in [1.82, 2.24) is 39.4 Å². The monoisotopic (exact) mass is 690 g/mol. The molecular weight excluding hydrogens is 653 g/mol. The van der Waals surface area contributed by atoms with Crippen molar-refractivity contribution in [2.24, 2.45) is 0 Å². The number of thiazole rings is 1. The largest absolute Gasteiger partial charge is 0.465 e. The summed E-state index contributed by atoms with van der Waals surface area (Å²) < 4.78 is 40.6. The minimum atomic E-state index is -3.97. The normalized spacial score (nSPS) is 11.8. The second-order valence-electron chi connectivity index (χ2n) is 11.2. The van der Waals surface area contributed by atoms with E-state index in [1.165, 1.54) is 15.8 Å². The highest BCUT2D eigenvalue weighted by molar-refractivity contribution is 7.91. The minimum Gasteiger partial charge on any atom is -0.465 e. The zero-order chi connectivity index (χ0) is 34.2. The van der Waals surface area contributed by atoms with Gasteiger partial charge in [0.05, 0.1) is 23.2 Å². The zero-order valence-corrected chi connectivity index (χ0v) is 28.1. The highest BCUT2D eigenvalue weighted by Gasteiger charge is 2.23. The van der Waals surface area contributed by atoms with E-state index in [2.05, 4.69) is 35.3 Å². The summed E-state index contributed by atoms with van der Waals surface area (Å²) in [5.41, 5.74) is 6.61. The maximum absolute atomic E-state index is 13.4. The molecule has 4 aromatic rings. The van der Waals surface area contributed by atoms with Gasteiger partial charge in [-0.15, -0.1) is 11.3 Å². The van der Waals surface area contributed by atoms with Crippen LogP contribution in [0, 0.1) is 0 Å². The molecule has 0 radical (unpaired) electrons. The molecule has 0 saturated carbocycles. The number of nitrogen functional groups attached to an aromatic ring is 1. The van der Waals surface area contributed by atoms with E-state index in [4.69, 9.17) is 15.2 Å². The Hall–Kier alpha value is -4.62. The standard InChI is InChI=1S/C28H38N10O7S2/c1-5-44-21(40)16-37(14-13-33-47(42,43)27-34-18-9-6-7-10-19(18)46-27)20(39)15-38-17-32-22-23(29)35-25(36-24(22)38)30-11-8-12-31-26(41)45-28(2,3)4/h6-7,9-10,17,33H,5,8,11-16H2,1-4H3,(H,31,41)(H3,29,30,35,36). The summed E-state index contributed by atoms with van der Waals surface area (Å²) in [6.07, 6.45) is 1.39. The van der Waals surface area contributed by atoms with E-state index in [1.807, 2.05) is 0 Å². The summed E-state index contributed by atoms with van der Waals surface area (Å²) in [7, 11) is -3.97. The van der Waals surface area contributed by atoms with Crippen LogP contribution in [0.3, 0.4) is 0 Å². The molecule has 3 aromatic heterocycles. The topological polar surface area (TPSA) is 226 Å². The summed E-state index contributed by atoms with van der Waals surface area (Å²) in [6, 6.07) is 7.05. The predicted molar refractivity (Wildman–Crippen MR) is 175 cm³/mol. The summed E-state index contributed by atoms with van der Waals surface area (Å²) in [4.78, 5) is 55.9. The number of para-hydroxylation sites is 1. The van der Waals surface area contributed by atoms with E-state index in [0.29, 0.717) is 25.0 Å². The second kappa shape index (κ2) is 15.3. The van der Waals surface area contributed by atoms with Crippen LogP contribution >= 0.6 is 11.3 Å². The first-order valence-corrected chi connectivity index (χ1v) is 17.0. The highest BCUT2D eigenvalue weighted by atomic mass is 32.2. The van der Waals surface area contributed by atoms with Gasteiger partial charge in [0.15, 0.2) is 11.5 Å². The number of hydrogen-bond acceptors (Lipinski definition) is 14. The van der Waals surface area contributed by atoms with Crippen molar-refractivity contribution in [3.05, 3.63) is 30.6 Å². The quantitative estimate of drug-likeness (QED) is 0.103. The number of anilines is 2. The third kappa shape index (κ3) is 9.93. The van der Waals surface area contributed by atoms with Crippen LogP contribution in [0.15, 0.2) is 34.9 Å². The van der Waals surface area contributed by atoms with Crippen molar-refractivity contribution in [3.8, 4) is 0 Å². The van der Waals surface area contributed by atoms with Crippen LogP contribution in [-0.2, 0) is 35.6 Å². The number of imidazole rings is 1. The predicted octanol–water partition coefficient (Wildman–Crippen LogP) is 1.72. The number of benzene rings is 1. The lowest BCUT2D eigenvalue weighted by atomic mass is 10.2. The number of rotatable bonds is 15. The fourth-order valence-electron chi connectivity index (χ4n) is 4.20. The van der Waals surface area contributed by atoms with E-state index in [0.717, 1.165) is 16.0 Å². The van der Waals surface area contributed by atoms with Gasteiger partial charge in [-0.1, -0.05) is 12.1 Å². The molecule has 4 rings (SSSR count). The van der Waals surface area contributed by atoms with Crippen molar-refractivity contribution in [2.45, 2.75) is 50.6 Å². The summed E-state index contributed by atoms with van der Waals surface area (Å²) >= 11 is 1.03. The van der Waals surface area contributed by atoms with Gasteiger partial charge >= 0.3 is 12.1 Å². The molecule has 17 nitrogen and oxygen atoms in total. The molecule has 254 valence electrons. The van der Waals surface area contributed by atoms with Crippen LogP contribution in [0.1, 0.15) is 34.1 Å². The van der Waals surface area contributed by atoms with Crippen molar-refractivity contribution >= 4 is 72.5 Å². The number of ether oxygens (including phenoxy) is 2. The van der Waals surface area contributed by atoms with Gasteiger partial charge in [0.25, 0.3) is 10.0 Å². The molecule has 0 saturated heterocycles. The Morgan fingerprint density at radius 2 is 1.85 bits per heavy atom. The van der Waals surface area contributed by atoms with Gasteiger partial charge in [-0.2, -0.15) is 9.97 Å². The zero-order valence-electron chi connectivity index (χ0n) is 26.5. The number of carbonyl (C=O) groups is 3. The lowest BCUT2D eigenvalue weighted by Crippen LogP contribution is -2.43. The lowest BCUT2D eigenvalue weighted by molar-refractivity contribution is -0.149. The van der Waals surface area contributed by atoms with Crippen LogP contribution < -0.4 is 21.1 Å². The number of carbonyl (C=O) groups excluding carboxylic acids is 3. The molecule has 0 aliphatic heterocycles. The number of nitrogens with two attached hydrogens (primary N) is 1. The number of fused-ring (bicyclic) bond motifs is 2. The molecule has 2 amide bonds. The Bertz CT molecular complexity index is 1800. The number of hydrogen-bond donors (Lipinski definition) is 4. The molecule has 1 aromatic carbocycles. The molecule has 0 unspecified atom stereocenters. The maximum atomic E-state index is 13.4. The van der Waals surface area contributed by atoms with Crippen LogP contribution in [-0.4, -0.2) is 101 Å². The first-order chi connectivity index (χ1) is 22.3. The number of nitrogens with zero attached hydrogens (tertiary/aromatic N) is 6. The highest BCUT2D eigenvalue weighted by Crippen LogP contribution is 2.25. The Balaban J connectivity index is 1.39. The number of nitrogens with one attached hydrogen (secondary N) is 3. The van der Waals surface area contributed by atoms with E-state index in [-0.39, 0.29) is 53.5 Å². The SMILES string of the molecule is CCOC(=O)CN(CCNS(=O)(=O)c1nc2ccccc2s1)C(=O)Cn1cnc2c(N)nc(NCCCNC(=O)OC(C)(C)C)nc21. The van der Waals surface area contributed by atoms with Crippen LogP contribution in [0.5, 0.6) is 0 Å². The van der Waals surface area contributed by atoms with Gasteiger partial charge in [0, 0.05) is 26.2 Å². The lowest BCUT2D eigenvalue weighted by Gasteiger charge is -2.22. The molecule has 0 aliphatic carbocycles. The molecule has 0 aliphatic rings. The number of sulfonamides is 1. The second-order valence-corrected chi connectivity index (χ2v) is 14.1. The van der Waals surface area contributed by atoms with Crippen molar-refractivity contribution in [1.29, 1.82) is 0 Å². The molecule has 3 heterocycles. The first kappa shape index (κ1) is 35.2. The summed E-state index contributed by atoms with van der Waals surface area (Å²) in [5, 5.41) is 5.70. The molecule has 47 heavy (non-hydrogen) atoms. The average molecular weight is 691 g/mol. The molecular formula is C28H38N10O7S2. The van der Waals surface area contributed by atoms with Crippen molar-refractivity contribution in [3.63, 3.8) is 0 Å². The minimum absolute atomic E-state index is 0.0863. The molecule has 0 bridgehead atoms. The van der Waals surface area contributed by atoms with E-state index in [9.17, 15) is 22.8 Å². The van der Waals surface area contributed by atoms with Gasteiger partial charge in [-0.3, -0.25) is 9.59 Å². The van der Waals surface area contributed by atoms with E-state index >= 15 is 0 Å². The Kier molecular flexibility index (Phi) is 11.5. The number of alkyl carbamates (subject to hydrolysis) is 1. The average Bonchev–Trinajstić information content (AvgIpc) is 3.61. The van der Waals surface area contributed by atoms with Crippen LogP contribution in [0.25, 0.3) is 21.4 Å². The first-order valence-electron chi connectivity index (χ1n) is 14.7. The van der Waals surface area contributed by atoms with Gasteiger partial charge in [0.2, 0.25) is 16.2 Å². The van der Waals surface area contributed by atoms with Crippen LogP contribution in [0.2, 0.25) is 0 Å². The number of amides is 2. The van der Waals surface area contributed by atoms with Gasteiger partial charge in [-0.25, -0.2) is 27.9 Å². The molecule has 0 atom stereocenters. The van der Waals surface area contributed by atoms with E-state index in [1.54, 1.807) is 52.0 Å². The number of esters is 1. The summed E-state index contributed by atoms with van der Waals surface area (Å²) in [6.45, 7) is 6.83. The smallest absolute Gasteiger partial charge is 0.407 e. The Morgan fingerprint density at radius 1 is 1.09 bits per heavy atom. The Morgan fingerprint density at radius 3 is 2.57 bits per heavy atom. The van der Waals surface area contributed by atoms with Crippen LogP contribution in [0.4, 0.5) is 16.6 Å². The van der Waals surface area contributed by atoms with Gasteiger partial charge in [0.1, 0.15) is 24.2 Å². The summed E-state index contributed by atoms with van der Waals surface area (Å²) in [5.74, 6) is -0.890. The molecule has 0 fully saturated rings. The van der Waals surface area contributed by atoms with Gasteiger partial charge in [-0.05, 0) is 46.2 Å². The maximum Gasteiger partial charge on any atom is 0.407 e. The molecule has 19 heteroatoms. The van der Waals surface area contributed by atoms with Crippen molar-refractivity contribution in [2.75, 3.05) is 50.4 Å². The molecule has 0 spiro atoms. The fourth-order valence-corrected chi connectivity index (χ4v) is 6.48. The third-order valence-corrected chi connectivity index (χ3v) is 9.13. The van der Waals surface area contributed by atoms with Gasteiger partial charge < -0.3 is 35.3 Å². The van der Waals surface area contributed by atoms with Crippen molar-refractivity contribution < 1.29 is 32.3 Å². The fraction of sp³-hybridized carbons (Fsp3) is 0.464. The van der Waals surface area contributed by atoms with E-state index < -0.39 is 40.1 Å². The third-order valence-electron chi connectivity index (χ3n) is 6.26.